The quantitative estimate of drug-likeness (QED) is 0.456. The first-order chi connectivity index (χ1) is 16.5. The van der Waals surface area contributed by atoms with Crippen LogP contribution in [0.3, 0.4) is 0 Å². The topological polar surface area (TPSA) is 46.6 Å². The number of carbonyl (C=O) groups excluding carboxylic acids is 2. The van der Waals surface area contributed by atoms with E-state index in [2.05, 4.69) is 12.1 Å². The van der Waals surface area contributed by atoms with Gasteiger partial charge in [-0.3, -0.25) is 14.5 Å². The van der Waals surface area contributed by atoms with E-state index in [1.165, 1.54) is 0 Å². The molecule has 0 bridgehead atoms. The second-order valence-corrected chi connectivity index (χ2v) is 9.13. The van der Waals surface area contributed by atoms with E-state index in [-0.39, 0.29) is 29.9 Å². The largest absolute Gasteiger partial charge is 0.494 e. The lowest BCUT2D eigenvalue weighted by atomic mass is 9.72. The first-order valence-electron chi connectivity index (χ1n) is 12.0. The Morgan fingerprint density at radius 2 is 1.62 bits per heavy atom. The van der Waals surface area contributed by atoms with Gasteiger partial charge < -0.3 is 4.74 Å². The van der Waals surface area contributed by atoms with Gasteiger partial charge in [0, 0.05) is 35.7 Å². The Morgan fingerprint density at radius 1 is 0.853 bits per heavy atom. The molecule has 0 fully saturated rings. The van der Waals surface area contributed by atoms with Crippen molar-refractivity contribution in [2.24, 2.45) is 0 Å². The zero-order valence-electron chi connectivity index (χ0n) is 19.7. The number of anilines is 1. The second-order valence-electron chi connectivity index (χ2n) is 9.13. The van der Waals surface area contributed by atoms with Crippen molar-refractivity contribution in [3.63, 3.8) is 0 Å². The number of benzene rings is 3. The number of carbonyl (C=O) groups is 2. The molecule has 0 spiro atoms. The monoisotopic (exact) mass is 451 g/mol. The molecule has 5 rings (SSSR count). The van der Waals surface area contributed by atoms with Crippen molar-refractivity contribution in [2.45, 2.75) is 44.9 Å². The minimum atomic E-state index is -0.233. The van der Waals surface area contributed by atoms with Crippen LogP contribution in [0.1, 0.15) is 54.7 Å². The number of Topliss-reactive ketones (excluding diaryl/α,β-unsaturated/α-hetero) is 1. The minimum absolute atomic E-state index is 0.0322. The Bertz CT molecular complexity index is 1240. The lowest BCUT2D eigenvalue weighted by molar-refractivity contribution is -0.120. The average Bonchev–Trinajstić information content (AvgIpc) is 2.84. The number of allylic oxidation sites excluding steroid dienone is 2. The van der Waals surface area contributed by atoms with E-state index < -0.39 is 0 Å². The van der Waals surface area contributed by atoms with E-state index in [1.54, 1.807) is 4.90 Å². The molecule has 4 heteroatoms. The fourth-order valence-electron chi connectivity index (χ4n) is 5.31. The van der Waals surface area contributed by atoms with Gasteiger partial charge in [-0.25, -0.2) is 0 Å². The number of ether oxygens (including phenoxy) is 1. The van der Waals surface area contributed by atoms with E-state index in [1.807, 2.05) is 80.6 Å². The highest BCUT2D eigenvalue weighted by atomic mass is 16.5. The van der Waals surface area contributed by atoms with Crippen LogP contribution < -0.4 is 9.64 Å². The van der Waals surface area contributed by atoms with Gasteiger partial charge in [0.05, 0.1) is 6.61 Å². The maximum atomic E-state index is 13.7. The molecule has 0 radical (unpaired) electrons. The van der Waals surface area contributed by atoms with Crippen LogP contribution in [-0.2, 0) is 9.59 Å². The Hall–Kier alpha value is -3.66. The summed E-state index contributed by atoms with van der Waals surface area (Å²) in [6, 6.07) is 26.0. The normalized spacial score (nSPS) is 20.4. The summed E-state index contributed by atoms with van der Waals surface area (Å²) in [5.74, 6) is 0.794. The van der Waals surface area contributed by atoms with Crippen molar-refractivity contribution in [1.29, 1.82) is 0 Å². The molecule has 2 aliphatic rings. The summed E-state index contributed by atoms with van der Waals surface area (Å²) in [7, 11) is 0. The highest BCUT2D eigenvalue weighted by Gasteiger charge is 2.42. The zero-order chi connectivity index (χ0) is 23.7. The summed E-state index contributed by atoms with van der Waals surface area (Å²) in [4.78, 5) is 29.1. The molecule has 0 N–H and O–H groups in total. The van der Waals surface area contributed by atoms with Crippen LogP contribution in [0, 0.1) is 6.92 Å². The van der Waals surface area contributed by atoms with Crippen LogP contribution in [0.2, 0.25) is 0 Å². The van der Waals surface area contributed by atoms with Crippen molar-refractivity contribution in [3.8, 4) is 5.75 Å². The summed E-state index contributed by atoms with van der Waals surface area (Å²) < 4.78 is 5.59. The lowest BCUT2D eigenvalue weighted by Gasteiger charge is -2.40. The second kappa shape index (κ2) is 9.30. The average molecular weight is 452 g/mol. The molecule has 3 aromatic carbocycles. The molecule has 2 atom stereocenters. The Morgan fingerprint density at radius 3 is 2.32 bits per heavy atom. The highest BCUT2D eigenvalue weighted by Crippen LogP contribution is 2.47. The van der Waals surface area contributed by atoms with E-state index >= 15 is 0 Å². The predicted molar refractivity (Wildman–Crippen MR) is 134 cm³/mol. The third-order valence-corrected chi connectivity index (χ3v) is 6.85. The Balaban J connectivity index is 1.62. The minimum Gasteiger partial charge on any atom is -0.494 e. The maximum Gasteiger partial charge on any atom is 0.232 e. The molecule has 1 amide bonds. The van der Waals surface area contributed by atoms with E-state index in [0.29, 0.717) is 19.4 Å². The molecule has 0 saturated heterocycles. The molecule has 4 nitrogen and oxygen atoms in total. The number of rotatable bonds is 5. The van der Waals surface area contributed by atoms with Gasteiger partial charge in [-0.1, -0.05) is 54.6 Å². The fraction of sp³-hybridized carbons (Fsp3) is 0.267. The molecular weight excluding hydrogens is 422 g/mol. The number of aryl methyl sites for hydroxylation is 1. The van der Waals surface area contributed by atoms with Gasteiger partial charge in [0.25, 0.3) is 0 Å². The molecule has 3 aromatic rings. The van der Waals surface area contributed by atoms with Crippen LogP contribution in [0.4, 0.5) is 5.69 Å². The first-order valence-corrected chi connectivity index (χ1v) is 12.0. The van der Waals surface area contributed by atoms with Gasteiger partial charge in [0.2, 0.25) is 5.91 Å². The molecule has 2 unspecified atom stereocenters. The molecule has 0 aromatic heterocycles. The molecular formula is C30H29NO3. The number of nitrogens with zero attached hydrogens (tertiary/aromatic N) is 1. The summed E-state index contributed by atoms with van der Waals surface area (Å²) in [5, 5.41) is 0. The first kappa shape index (κ1) is 22.1. The van der Waals surface area contributed by atoms with Crippen molar-refractivity contribution < 1.29 is 14.3 Å². The van der Waals surface area contributed by atoms with Gasteiger partial charge >= 0.3 is 0 Å². The predicted octanol–water partition coefficient (Wildman–Crippen LogP) is 6.32. The zero-order valence-corrected chi connectivity index (χ0v) is 19.7. The Labute approximate surface area is 200 Å². The third-order valence-electron chi connectivity index (χ3n) is 6.85. The van der Waals surface area contributed by atoms with E-state index in [9.17, 15) is 9.59 Å². The van der Waals surface area contributed by atoms with Gasteiger partial charge in [-0.05, 0) is 67.1 Å². The maximum absolute atomic E-state index is 13.7. The van der Waals surface area contributed by atoms with Crippen molar-refractivity contribution in [2.75, 3.05) is 11.5 Å². The molecule has 34 heavy (non-hydrogen) atoms. The number of hydrogen-bond donors (Lipinski definition) is 0. The molecule has 1 aliphatic heterocycles. The van der Waals surface area contributed by atoms with Gasteiger partial charge in [0.15, 0.2) is 5.78 Å². The third kappa shape index (κ3) is 4.16. The standard InChI is InChI=1S/C30H29NO3/c1-3-34-25-14-12-22(13-15-25)26-19-29(33)31(24-11-7-8-20(2)16-24)27-17-23(18-28(32)30(26)27)21-9-5-4-6-10-21/h4-16,23,26H,3,17-19H2,1-2H3. The van der Waals surface area contributed by atoms with Crippen LogP contribution in [0.15, 0.2) is 90.1 Å². The van der Waals surface area contributed by atoms with E-state index in [0.717, 1.165) is 39.4 Å². The van der Waals surface area contributed by atoms with Gasteiger partial charge in [-0.15, -0.1) is 0 Å². The van der Waals surface area contributed by atoms with Crippen LogP contribution in [-0.4, -0.2) is 18.3 Å². The van der Waals surface area contributed by atoms with E-state index in [4.69, 9.17) is 4.74 Å². The summed E-state index contributed by atoms with van der Waals surface area (Å²) in [6.07, 6.45) is 1.41. The summed E-state index contributed by atoms with van der Waals surface area (Å²) in [5.41, 5.74) is 5.69. The summed E-state index contributed by atoms with van der Waals surface area (Å²) >= 11 is 0. The molecule has 1 aliphatic carbocycles. The lowest BCUT2D eigenvalue weighted by Crippen LogP contribution is -2.41. The van der Waals surface area contributed by atoms with Crippen LogP contribution in [0.5, 0.6) is 5.75 Å². The number of ketones is 1. The van der Waals surface area contributed by atoms with Gasteiger partial charge in [0.1, 0.15) is 5.75 Å². The fourth-order valence-corrected chi connectivity index (χ4v) is 5.31. The molecule has 0 saturated carbocycles. The van der Waals surface area contributed by atoms with Crippen molar-refractivity contribution >= 4 is 17.4 Å². The molecule has 1 heterocycles. The smallest absolute Gasteiger partial charge is 0.232 e. The Kier molecular flexibility index (Phi) is 6.06. The molecule has 172 valence electrons. The number of hydrogen-bond acceptors (Lipinski definition) is 3. The van der Waals surface area contributed by atoms with Crippen LogP contribution in [0.25, 0.3) is 0 Å². The van der Waals surface area contributed by atoms with Gasteiger partial charge in [-0.2, -0.15) is 0 Å². The number of amides is 1. The van der Waals surface area contributed by atoms with Crippen LogP contribution >= 0.6 is 0 Å². The summed E-state index contributed by atoms with van der Waals surface area (Å²) in [6.45, 7) is 4.57. The highest BCUT2D eigenvalue weighted by molar-refractivity contribution is 6.08. The SMILES string of the molecule is CCOc1ccc(C2CC(=O)N(c3cccc(C)c3)C3=C2C(=O)CC(c2ccccc2)C3)cc1. The van der Waals surface area contributed by atoms with Crippen molar-refractivity contribution in [3.05, 3.63) is 107 Å². The van der Waals surface area contributed by atoms with Crippen molar-refractivity contribution in [1.82, 2.24) is 0 Å².